The van der Waals surface area contributed by atoms with Gasteiger partial charge in [0.1, 0.15) is 17.1 Å². The van der Waals surface area contributed by atoms with Gasteiger partial charge in [-0.25, -0.2) is 0 Å². The van der Waals surface area contributed by atoms with Crippen LogP contribution in [-0.4, -0.2) is 5.11 Å². The van der Waals surface area contributed by atoms with E-state index >= 15 is 0 Å². The van der Waals surface area contributed by atoms with Crippen LogP contribution < -0.4 is 4.74 Å². The minimum Gasteiger partial charge on any atom is -0.506 e. The lowest BCUT2D eigenvalue weighted by Gasteiger charge is -2.36. The summed E-state index contributed by atoms with van der Waals surface area (Å²) in [5.41, 5.74) is 7.03. The maximum Gasteiger partial charge on any atom is 0.135 e. The van der Waals surface area contributed by atoms with Crippen molar-refractivity contribution < 1.29 is 9.84 Å². The summed E-state index contributed by atoms with van der Waals surface area (Å²) in [7, 11) is 0. The molecule has 1 aliphatic heterocycles. The molecule has 0 spiro atoms. The van der Waals surface area contributed by atoms with Crippen molar-refractivity contribution >= 4 is 11.3 Å². The first-order valence-electron chi connectivity index (χ1n) is 10.1. The zero-order valence-corrected chi connectivity index (χ0v) is 18.0. The second kappa shape index (κ2) is 7.29. The fourth-order valence-corrected chi connectivity index (χ4v) is 4.90. The van der Waals surface area contributed by atoms with E-state index in [2.05, 4.69) is 68.8 Å². The van der Waals surface area contributed by atoms with Crippen LogP contribution in [0.15, 0.2) is 41.1 Å². The topological polar surface area (TPSA) is 29.5 Å². The van der Waals surface area contributed by atoms with E-state index in [0.717, 1.165) is 46.4 Å². The summed E-state index contributed by atoms with van der Waals surface area (Å²) in [6.45, 7) is 8.52. The lowest BCUT2D eigenvalue weighted by atomic mass is 9.82. The quantitative estimate of drug-likeness (QED) is 0.457. The first-order chi connectivity index (χ1) is 13.4. The predicted molar refractivity (Wildman–Crippen MR) is 118 cm³/mol. The number of phenols is 1. The van der Waals surface area contributed by atoms with Crippen LogP contribution in [0, 0.1) is 6.92 Å². The highest BCUT2D eigenvalue weighted by molar-refractivity contribution is 7.08. The SMILES string of the molecule is CCCCCc1cc2c(c(O)c1-c1ccsc1)-c1cc(C)ccc1C(C)(C)O2. The van der Waals surface area contributed by atoms with Crippen LogP contribution in [0.4, 0.5) is 0 Å². The predicted octanol–water partition coefficient (Wildman–Crippen LogP) is 7.46. The van der Waals surface area contributed by atoms with Crippen LogP contribution in [-0.2, 0) is 12.0 Å². The normalized spacial score (nSPS) is 14.3. The molecule has 3 aromatic rings. The number of hydrogen-bond acceptors (Lipinski definition) is 3. The smallest absolute Gasteiger partial charge is 0.135 e. The zero-order valence-electron chi connectivity index (χ0n) is 17.1. The molecule has 146 valence electrons. The fraction of sp³-hybridized carbons (Fsp3) is 0.360. The third kappa shape index (κ3) is 3.22. The highest BCUT2D eigenvalue weighted by Crippen LogP contribution is 2.53. The van der Waals surface area contributed by atoms with E-state index in [0.29, 0.717) is 5.75 Å². The summed E-state index contributed by atoms with van der Waals surface area (Å²) in [4.78, 5) is 0. The van der Waals surface area contributed by atoms with Gasteiger partial charge in [0.25, 0.3) is 0 Å². The minimum absolute atomic E-state index is 0.352. The molecule has 0 amide bonds. The maximum absolute atomic E-state index is 11.5. The van der Waals surface area contributed by atoms with E-state index in [1.54, 1.807) is 11.3 Å². The summed E-state index contributed by atoms with van der Waals surface area (Å²) in [6, 6.07) is 10.7. The van der Waals surface area contributed by atoms with Gasteiger partial charge in [-0.05, 0) is 73.2 Å². The Morgan fingerprint density at radius 2 is 1.89 bits per heavy atom. The van der Waals surface area contributed by atoms with Crippen LogP contribution in [0.25, 0.3) is 22.3 Å². The highest BCUT2D eigenvalue weighted by atomic mass is 32.1. The van der Waals surface area contributed by atoms with Crippen molar-refractivity contribution in [2.24, 2.45) is 0 Å². The molecule has 2 aromatic carbocycles. The summed E-state index contributed by atoms with van der Waals surface area (Å²) in [5, 5.41) is 15.7. The standard InChI is InChI=1S/C25H28O2S/c1-5-6-7-8-17-14-21-23(24(26)22(17)18-11-12-28-15-18)19-13-16(2)9-10-20(19)25(3,4)27-21/h9-15,26H,5-8H2,1-4H3. The molecular weight excluding hydrogens is 364 g/mol. The summed E-state index contributed by atoms with van der Waals surface area (Å²) in [6.07, 6.45) is 4.44. The van der Waals surface area contributed by atoms with Gasteiger partial charge in [0, 0.05) is 11.1 Å². The average Bonchev–Trinajstić information content (AvgIpc) is 3.15. The lowest BCUT2D eigenvalue weighted by molar-refractivity contribution is 0.105. The van der Waals surface area contributed by atoms with Gasteiger partial charge in [0.05, 0.1) is 5.56 Å². The van der Waals surface area contributed by atoms with E-state index in [1.807, 2.05) is 0 Å². The number of unbranched alkanes of at least 4 members (excludes halogenated alkanes) is 2. The van der Waals surface area contributed by atoms with Gasteiger partial charge in [0.2, 0.25) is 0 Å². The Balaban J connectivity index is 1.96. The molecule has 0 saturated carbocycles. The Morgan fingerprint density at radius 3 is 2.61 bits per heavy atom. The van der Waals surface area contributed by atoms with Crippen molar-refractivity contribution in [1.29, 1.82) is 0 Å². The van der Waals surface area contributed by atoms with Gasteiger partial charge in [-0.1, -0.05) is 43.5 Å². The Labute approximate surface area is 171 Å². The molecule has 4 rings (SSSR count). The molecule has 0 fully saturated rings. The third-order valence-electron chi connectivity index (χ3n) is 5.66. The molecule has 2 nitrogen and oxygen atoms in total. The van der Waals surface area contributed by atoms with E-state index in [-0.39, 0.29) is 0 Å². The van der Waals surface area contributed by atoms with E-state index in [4.69, 9.17) is 4.74 Å². The second-order valence-corrected chi connectivity index (χ2v) is 9.04. The molecule has 0 aliphatic carbocycles. The minimum atomic E-state index is -0.424. The number of thiophene rings is 1. The molecule has 3 heteroatoms. The first-order valence-corrected chi connectivity index (χ1v) is 11.1. The lowest BCUT2D eigenvalue weighted by Crippen LogP contribution is -2.29. The monoisotopic (exact) mass is 392 g/mol. The molecule has 0 unspecified atom stereocenters. The van der Waals surface area contributed by atoms with E-state index in [9.17, 15) is 5.11 Å². The highest BCUT2D eigenvalue weighted by Gasteiger charge is 2.35. The van der Waals surface area contributed by atoms with Crippen molar-refractivity contribution in [3.05, 3.63) is 57.8 Å². The number of rotatable bonds is 5. The van der Waals surface area contributed by atoms with E-state index in [1.165, 1.54) is 24.0 Å². The van der Waals surface area contributed by atoms with Crippen molar-refractivity contribution in [2.45, 2.75) is 59.0 Å². The van der Waals surface area contributed by atoms with Gasteiger partial charge < -0.3 is 9.84 Å². The van der Waals surface area contributed by atoms with Gasteiger partial charge >= 0.3 is 0 Å². The molecule has 0 radical (unpaired) electrons. The summed E-state index contributed by atoms with van der Waals surface area (Å²) < 4.78 is 6.43. The molecule has 0 saturated heterocycles. The molecule has 1 aliphatic rings. The molecule has 1 aromatic heterocycles. The van der Waals surface area contributed by atoms with Crippen LogP contribution in [0.2, 0.25) is 0 Å². The van der Waals surface area contributed by atoms with Gasteiger partial charge in [-0.2, -0.15) is 11.3 Å². The van der Waals surface area contributed by atoms with Gasteiger partial charge in [-0.3, -0.25) is 0 Å². The fourth-order valence-electron chi connectivity index (χ4n) is 4.25. The average molecular weight is 393 g/mol. The summed E-state index contributed by atoms with van der Waals surface area (Å²) in [5.74, 6) is 1.15. The van der Waals surface area contributed by atoms with Crippen molar-refractivity contribution in [3.63, 3.8) is 0 Å². The zero-order chi connectivity index (χ0) is 19.9. The van der Waals surface area contributed by atoms with E-state index < -0.39 is 5.60 Å². The van der Waals surface area contributed by atoms with Gasteiger partial charge in [0.15, 0.2) is 0 Å². The number of benzene rings is 2. The largest absolute Gasteiger partial charge is 0.506 e. The Hall–Kier alpha value is -2.26. The Morgan fingerprint density at radius 1 is 1.07 bits per heavy atom. The number of hydrogen-bond donors (Lipinski definition) is 1. The van der Waals surface area contributed by atoms with Crippen molar-refractivity contribution in [2.75, 3.05) is 0 Å². The van der Waals surface area contributed by atoms with Crippen molar-refractivity contribution in [3.8, 4) is 33.8 Å². The number of aromatic hydroxyl groups is 1. The molecule has 2 heterocycles. The molecule has 28 heavy (non-hydrogen) atoms. The number of fused-ring (bicyclic) bond motifs is 3. The second-order valence-electron chi connectivity index (χ2n) is 8.26. The number of ether oxygens (including phenoxy) is 1. The molecule has 0 bridgehead atoms. The van der Waals surface area contributed by atoms with Crippen LogP contribution in [0.5, 0.6) is 11.5 Å². The van der Waals surface area contributed by atoms with Crippen LogP contribution in [0.1, 0.15) is 56.7 Å². The van der Waals surface area contributed by atoms with Gasteiger partial charge in [-0.15, -0.1) is 0 Å². The Bertz CT molecular complexity index is 1000. The number of phenolic OH excluding ortho intramolecular Hbond substituents is 1. The third-order valence-corrected chi connectivity index (χ3v) is 6.35. The summed E-state index contributed by atoms with van der Waals surface area (Å²) >= 11 is 1.66. The molecule has 1 N–H and O–H groups in total. The first kappa shape index (κ1) is 19.1. The van der Waals surface area contributed by atoms with Crippen LogP contribution in [0.3, 0.4) is 0 Å². The van der Waals surface area contributed by atoms with Crippen LogP contribution >= 0.6 is 11.3 Å². The Kier molecular flexibility index (Phi) is 4.96. The molecule has 0 atom stereocenters. The number of aryl methyl sites for hydroxylation is 2. The maximum atomic E-state index is 11.5. The molecular formula is C25H28O2S. The van der Waals surface area contributed by atoms with Crippen molar-refractivity contribution in [1.82, 2.24) is 0 Å².